The Morgan fingerprint density at radius 1 is 1.29 bits per heavy atom. The maximum atomic E-state index is 13.0. The number of amides is 3. The average Bonchev–Trinajstić information content (AvgIpc) is 2.38. The third-order valence-corrected chi connectivity index (χ3v) is 2.76. The van der Waals surface area contributed by atoms with Gasteiger partial charge in [-0.3, -0.25) is 9.69 Å². The first-order chi connectivity index (χ1) is 9.79. The van der Waals surface area contributed by atoms with E-state index in [0.29, 0.717) is 4.90 Å². The van der Waals surface area contributed by atoms with Gasteiger partial charge in [-0.15, -0.1) is 0 Å². The summed E-state index contributed by atoms with van der Waals surface area (Å²) in [4.78, 5) is 34.3. The number of hydrogen-bond donors (Lipinski definition) is 3. The Hall–Kier alpha value is -2.90. The molecular weight excluding hydrogens is 281 g/mol. The number of carbonyl (C=O) groups excluding carboxylic acids is 2. The Labute approximate surface area is 119 Å². The molecule has 0 heterocycles. The number of hydrogen-bond acceptors (Lipinski definition) is 4. The van der Waals surface area contributed by atoms with E-state index < -0.39 is 29.4 Å². The second-order valence-electron chi connectivity index (χ2n) is 4.21. The number of urea groups is 1. The SMILES string of the molecule is C/C(N)=C(\C(=O)O)C(c1ccc(F)cc1)N(C=O)C(N)=O. The van der Waals surface area contributed by atoms with Gasteiger partial charge in [-0.25, -0.2) is 14.0 Å². The van der Waals surface area contributed by atoms with Crippen molar-refractivity contribution in [2.75, 3.05) is 0 Å². The number of imide groups is 1. The van der Waals surface area contributed by atoms with Crippen molar-refractivity contribution in [1.82, 2.24) is 4.90 Å². The Bertz CT molecular complexity index is 594. The van der Waals surface area contributed by atoms with E-state index in [1.807, 2.05) is 0 Å². The van der Waals surface area contributed by atoms with Crippen LogP contribution in [0.3, 0.4) is 0 Å². The van der Waals surface area contributed by atoms with Crippen LogP contribution < -0.4 is 11.5 Å². The fourth-order valence-electron chi connectivity index (χ4n) is 1.85. The first kappa shape index (κ1) is 16.2. The maximum Gasteiger partial charge on any atom is 0.335 e. The van der Waals surface area contributed by atoms with Gasteiger partial charge in [0.1, 0.15) is 11.9 Å². The standard InChI is InChI=1S/C13H14FN3O4/c1-7(15)10(12(19)20)11(17(6-18)13(16)21)8-2-4-9(14)5-3-8/h2-6,11H,15H2,1H3,(H2,16,21)(H,19,20)/b10-7+. The van der Waals surface area contributed by atoms with Crippen molar-refractivity contribution >= 4 is 18.4 Å². The lowest BCUT2D eigenvalue weighted by molar-refractivity contribution is -0.133. The highest BCUT2D eigenvalue weighted by atomic mass is 19.1. The topological polar surface area (TPSA) is 127 Å². The van der Waals surface area contributed by atoms with E-state index in [2.05, 4.69) is 0 Å². The van der Waals surface area contributed by atoms with Crippen molar-refractivity contribution in [3.05, 3.63) is 46.9 Å². The first-order valence-electron chi connectivity index (χ1n) is 5.77. The number of benzene rings is 1. The van der Waals surface area contributed by atoms with Gasteiger partial charge in [0, 0.05) is 5.70 Å². The van der Waals surface area contributed by atoms with Crippen LogP contribution in [0.4, 0.5) is 9.18 Å². The van der Waals surface area contributed by atoms with Crippen LogP contribution in [-0.2, 0) is 9.59 Å². The molecule has 1 aromatic carbocycles. The number of primary amides is 1. The summed E-state index contributed by atoms with van der Waals surface area (Å²) in [5.74, 6) is -1.98. The molecule has 7 nitrogen and oxygen atoms in total. The number of nitrogens with zero attached hydrogens (tertiary/aromatic N) is 1. The van der Waals surface area contributed by atoms with Gasteiger partial charge >= 0.3 is 12.0 Å². The van der Waals surface area contributed by atoms with Gasteiger partial charge in [0.15, 0.2) is 0 Å². The molecule has 0 aromatic heterocycles. The van der Waals surface area contributed by atoms with E-state index >= 15 is 0 Å². The molecule has 0 bridgehead atoms. The number of nitrogens with two attached hydrogens (primary N) is 2. The van der Waals surface area contributed by atoms with Crippen LogP contribution >= 0.6 is 0 Å². The monoisotopic (exact) mass is 295 g/mol. The minimum absolute atomic E-state index is 0.0994. The fourth-order valence-corrected chi connectivity index (χ4v) is 1.85. The molecule has 5 N–H and O–H groups in total. The number of carboxylic acid groups (broad SMARTS) is 1. The van der Waals surface area contributed by atoms with Crippen LogP contribution in [0.2, 0.25) is 0 Å². The van der Waals surface area contributed by atoms with E-state index in [4.69, 9.17) is 11.5 Å². The highest BCUT2D eigenvalue weighted by molar-refractivity contribution is 5.93. The molecule has 3 amide bonds. The molecule has 0 radical (unpaired) electrons. The summed E-state index contributed by atoms with van der Waals surface area (Å²) >= 11 is 0. The lowest BCUT2D eigenvalue weighted by atomic mass is 9.96. The van der Waals surface area contributed by atoms with Crippen LogP contribution in [-0.4, -0.2) is 28.4 Å². The third kappa shape index (κ3) is 3.56. The molecule has 0 aliphatic carbocycles. The molecule has 1 unspecified atom stereocenters. The molecule has 8 heteroatoms. The van der Waals surface area contributed by atoms with Gasteiger partial charge < -0.3 is 16.6 Å². The second-order valence-corrected chi connectivity index (χ2v) is 4.21. The summed E-state index contributed by atoms with van der Waals surface area (Å²) in [6, 6.07) is 2.12. The molecule has 21 heavy (non-hydrogen) atoms. The smallest absolute Gasteiger partial charge is 0.335 e. The molecule has 0 aliphatic rings. The second kappa shape index (κ2) is 6.51. The quantitative estimate of drug-likeness (QED) is 0.545. The predicted octanol–water partition coefficient (Wildman–Crippen LogP) is 0.721. The summed E-state index contributed by atoms with van der Waals surface area (Å²) in [6.45, 7) is 1.31. The number of carbonyl (C=O) groups is 3. The highest BCUT2D eigenvalue weighted by Gasteiger charge is 2.32. The number of rotatable bonds is 5. The van der Waals surface area contributed by atoms with Crippen molar-refractivity contribution in [3.63, 3.8) is 0 Å². The third-order valence-electron chi connectivity index (χ3n) is 2.76. The number of aliphatic carboxylic acids is 1. The van der Waals surface area contributed by atoms with Crippen molar-refractivity contribution in [3.8, 4) is 0 Å². The fraction of sp³-hybridized carbons (Fsp3) is 0.154. The molecule has 1 aromatic rings. The summed E-state index contributed by atoms with van der Waals surface area (Å²) in [7, 11) is 0. The largest absolute Gasteiger partial charge is 0.478 e. The normalized spacial score (nSPS) is 13.0. The lowest BCUT2D eigenvalue weighted by Crippen LogP contribution is -2.40. The average molecular weight is 295 g/mol. The van der Waals surface area contributed by atoms with Gasteiger partial charge in [-0.1, -0.05) is 12.1 Å². The van der Waals surface area contributed by atoms with Crippen molar-refractivity contribution in [2.24, 2.45) is 11.5 Å². The Morgan fingerprint density at radius 2 is 1.81 bits per heavy atom. The summed E-state index contributed by atoms with van der Waals surface area (Å²) in [6.07, 6.45) is 0.0994. The van der Waals surface area contributed by atoms with Gasteiger partial charge in [0.05, 0.1) is 5.57 Å². The minimum Gasteiger partial charge on any atom is -0.478 e. The van der Waals surface area contributed by atoms with Gasteiger partial charge in [-0.2, -0.15) is 0 Å². The number of halogens is 1. The molecule has 0 saturated heterocycles. The number of carboxylic acids is 1. The Morgan fingerprint density at radius 3 is 2.14 bits per heavy atom. The van der Waals surface area contributed by atoms with Gasteiger partial charge in [0.2, 0.25) is 6.41 Å². The molecule has 0 aliphatic heterocycles. The number of allylic oxidation sites excluding steroid dienone is 1. The van der Waals surface area contributed by atoms with Crippen LogP contribution in [0.25, 0.3) is 0 Å². The molecule has 1 atom stereocenters. The molecular formula is C13H14FN3O4. The lowest BCUT2D eigenvalue weighted by Gasteiger charge is -2.26. The van der Waals surface area contributed by atoms with Crippen LogP contribution in [0, 0.1) is 5.82 Å². The molecule has 1 rings (SSSR count). The predicted molar refractivity (Wildman–Crippen MR) is 71.2 cm³/mol. The van der Waals surface area contributed by atoms with E-state index in [1.165, 1.54) is 19.1 Å². The van der Waals surface area contributed by atoms with Crippen molar-refractivity contribution in [2.45, 2.75) is 13.0 Å². The van der Waals surface area contributed by atoms with E-state index in [0.717, 1.165) is 12.1 Å². The summed E-state index contributed by atoms with van der Waals surface area (Å²) in [5, 5.41) is 9.25. The van der Waals surface area contributed by atoms with E-state index in [9.17, 15) is 23.9 Å². The van der Waals surface area contributed by atoms with Crippen LogP contribution in [0.1, 0.15) is 18.5 Å². The Balaban J connectivity index is 3.53. The molecule has 0 saturated carbocycles. The van der Waals surface area contributed by atoms with Crippen LogP contribution in [0.5, 0.6) is 0 Å². The molecule has 0 spiro atoms. The summed E-state index contributed by atoms with van der Waals surface area (Å²) in [5.41, 5.74) is 10.3. The summed E-state index contributed by atoms with van der Waals surface area (Å²) < 4.78 is 13.0. The van der Waals surface area contributed by atoms with E-state index in [-0.39, 0.29) is 17.7 Å². The van der Waals surface area contributed by atoms with Crippen molar-refractivity contribution < 1.29 is 23.9 Å². The van der Waals surface area contributed by atoms with E-state index in [1.54, 1.807) is 0 Å². The zero-order valence-corrected chi connectivity index (χ0v) is 11.1. The van der Waals surface area contributed by atoms with Crippen molar-refractivity contribution in [1.29, 1.82) is 0 Å². The zero-order valence-electron chi connectivity index (χ0n) is 11.1. The molecule has 0 fully saturated rings. The van der Waals surface area contributed by atoms with Gasteiger partial charge in [0.25, 0.3) is 0 Å². The first-order valence-corrected chi connectivity index (χ1v) is 5.77. The zero-order chi connectivity index (χ0) is 16.2. The minimum atomic E-state index is -1.42. The molecule has 112 valence electrons. The highest BCUT2D eigenvalue weighted by Crippen LogP contribution is 2.29. The Kier molecular flexibility index (Phi) is 5.01. The van der Waals surface area contributed by atoms with Gasteiger partial charge in [-0.05, 0) is 24.6 Å². The van der Waals surface area contributed by atoms with Crippen LogP contribution in [0.15, 0.2) is 35.5 Å². The maximum absolute atomic E-state index is 13.0.